The number of benzene rings is 1. The molecule has 1 aliphatic rings. The van der Waals surface area contributed by atoms with E-state index in [-0.39, 0.29) is 31.1 Å². The number of hydrogen-bond donors (Lipinski definition) is 1. The van der Waals surface area contributed by atoms with Crippen LogP contribution in [0, 0.1) is 5.92 Å². The smallest absolute Gasteiger partial charge is 0.353 e. The predicted molar refractivity (Wildman–Crippen MR) is 97.6 cm³/mol. The molecule has 1 N–H and O–H groups in total. The summed E-state index contributed by atoms with van der Waals surface area (Å²) in [7, 11) is 0. The van der Waals surface area contributed by atoms with Gasteiger partial charge in [0.1, 0.15) is 0 Å². The molecule has 0 bridgehead atoms. The molecule has 0 spiro atoms. The van der Waals surface area contributed by atoms with Gasteiger partial charge in [0.15, 0.2) is 0 Å². The molecule has 168 valence electrons. The van der Waals surface area contributed by atoms with Gasteiger partial charge in [-0.15, -0.1) is 0 Å². The van der Waals surface area contributed by atoms with Crippen molar-refractivity contribution in [2.45, 2.75) is 57.9 Å². The molecule has 0 aromatic heterocycles. The summed E-state index contributed by atoms with van der Waals surface area (Å²) in [6.45, 7) is 3.91. The molecule has 0 aliphatic carbocycles. The molecule has 0 radical (unpaired) electrons. The molecular weight excluding hydrogens is 414 g/mol. The van der Waals surface area contributed by atoms with Gasteiger partial charge in [0.25, 0.3) is 5.91 Å². The van der Waals surface area contributed by atoms with Gasteiger partial charge in [-0.25, -0.2) is 0 Å². The van der Waals surface area contributed by atoms with E-state index >= 15 is 0 Å². The second-order valence-corrected chi connectivity index (χ2v) is 7.58. The SMILES string of the molecule is CCCC(C)NC(=O)C1CCCN(C(=O)c2cc(C(F)(F)F)cc(C(F)(F)F)c2)C1. The molecule has 4 nitrogen and oxygen atoms in total. The van der Waals surface area contributed by atoms with Crippen LogP contribution in [0.15, 0.2) is 18.2 Å². The lowest BCUT2D eigenvalue weighted by Crippen LogP contribution is -2.47. The first-order chi connectivity index (χ1) is 13.8. The van der Waals surface area contributed by atoms with Gasteiger partial charge < -0.3 is 10.2 Å². The molecular formula is C20H24F6N2O2. The van der Waals surface area contributed by atoms with Crippen molar-refractivity contribution in [3.8, 4) is 0 Å². The van der Waals surface area contributed by atoms with Crippen LogP contribution in [-0.2, 0) is 17.1 Å². The van der Waals surface area contributed by atoms with Crippen molar-refractivity contribution >= 4 is 11.8 Å². The van der Waals surface area contributed by atoms with E-state index < -0.39 is 40.9 Å². The highest BCUT2D eigenvalue weighted by molar-refractivity contribution is 5.95. The Morgan fingerprint density at radius 3 is 2.17 bits per heavy atom. The van der Waals surface area contributed by atoms with E-state index in [1.165, 1.54) is 0 Å². The zero-order valence-electron chi connectivity index (χ0n) is 16.7. The third kappa shape index (κ3) is 6.12. The number of hydrogen-bond acceptors (Lipinski definition) is 2. The number of nitrogens with one attached hydrogen (secondary N) is 1. The van der Waals surface area contributed by atoms with Crippen LogP contribution in [0.25, 0.3) is 0 Å². The number of carbonyl (C=O) groups excluding carboxylic acids is 2. The molecule has 1 fully saturated rings. The highest BCUT2D eigenvalue weighted by Gasteiger charge is 2.38. The third-order valence-electron chi connectivity index (χ3n) is 5.02. The average molecular weight is 438 g/mol. The maximum atomic E-state index is 13.0. The fourth-order valence-electron chi connectivity index (χ4n) is 3.50. The Bertz CT molecular complexity index is 743. The van der Waals surface area contributed by atoms with Crippen LogP contribution in [0.2, 0.25) is 0 Å². The van der Waals surface area contributed by atoms with Crippen LogP contribution in [0.5, 0.6) is 0 Å². The van der Waals surface area contributed by atoms with E-state index in [9.17, 15) is 35.9 Å². The fraction of sp³-hybridized carbons (Fsp3) is 0.600. The van der Waals surface area contributed by atoms with E-state index in [1.54, 1.807) is 0 Å². The summed E-state index contributed by atoms with van der Waals surface area (Å²) in [5, 5.41) is 2.83. The summed E-state index contributed by atoms with van der Waals surface area (Å²) in [6, 6.07) is 0.763. The molecule has 1 heterocycles. The molecule has 1 aromatic rings. The van der Waals surface area contributed by atoms with Crippen LogP contribution < -0.4 is 5.32 Å². The zero-order valence-corrected chi connectivity index (χ0v) is 16.7. The summed E-state index contributed by atoms with van der Waals surface area (Å²) in [6.07, 6.45) is -7.51. The fourth-order valence-corrected chi connectivity index (χ4v) is 3.50. The van der Waals surface area contributed by atoms with Gasteiger partial charge in [0.2, 0.25) is 5.91 Å². The van der Waals surface area contributed by atoms with Crippen molar-refractivity contribution in [1.82, 2.24) is 10.2 Å². The van der Waals surface area contributed by atoms with Crippen molar-refractivity contribution in [2.24, 2.45) is 5.92 Å². The molecule has 1 aromatic carbocycles. The van der Waals surface area contributed by atoms with Crippen LogP contribution in [0.3, 0.4) is 0 Å². The van der Waals surface area contributed by atoms with Crippen molar-refractivity contribution in [1.29, 1.82) is 0 Å². The molecule has 2 unspecified atom stereocenters. The first-order valence-corrected chi connectivity index (χ1v) is 9.72. The molecule has 2 rings (SSSR count). The van der Waals surface area contributed by atoms with Crippen LogP contribution in [0.4, 0.5) is 26.3 Å². The van der Waals surface area contributed by atoms with E-state index in [2.05, 4.69) is 5.32 Å². The maximum Gasteiger partial charge on any atom is 0.416 e. The van der Waals surface area contributed by atoms with Crippen LogP contribution in [0.1, 0.15) is 61.0 Å². The molecule has 30 heavy (non-hydrogen) atoms. The van der Waals surface area contributed by atoms with E-state index in [4.69, 9.17) is 0 Å². The number of likely N-dealkylation sites (tertiary alicyclic amines) is 1. The van der Waals surface area contributed by atoms with Gasteiger partial charge in [-0.3, -0.25) is 9.59 Å². The van der Waals surface area contributed by atoms with Crippen LogP contribution in [-0.4, -0.2) is 35.8 Å². The van der Waals surface area contributed by atoms with E-state index in [0.29, 0.717) is 25.0 Å². The minimum atomic E-state index is -5.03. The number of alkyl halides is 6. The second-order valence-electron chi connectivity index (χ2n) is 7.58. The monoisotopic (exact) mass is 438 g/mol. The Kier molecular flexibility index (Phi) is 7.41. The highest BCUT2D eigenvalue weighted by Crippen LogP contribution is 2.36. The summed E-state index contributed by atoms with van der Waals surface area (Å²) < 4.78 is 78.3. The lowest BCUT2D eigenvalue weighted by Gasteiger charge is -2.33. The average Bonchev–Trinajstić information content (AvgIpc) is 2.66. The largest absolute Gasteiger partial charge is 0.416 e. The molecule has 10 heteroatoms. The Balaban J connectivity index is 2.24. The number of piperidine rings is 1. The number of amides is 2. The van der Waals surface area contributed by atoms with Crippen molar-refractivity contribution in [3.63, 3.8) is 0 Å². The third-order valence-corrected chi connectivity index (χ3v) is 5.02. The minimum Gasteiger partial charge on any atom is -0.353 e. The lowest BCUT2D eigenvalue weighted by molar-refractivity contribution is -0.143. The molecule has 1 saturated heterocycles. The normalized spacial score (nSPS) is 18.8. The first kappa shape index (κ1) is 24.0. The summed E-state index contributed by atoms with van der Waals surface area (Å²) in [5.74, 6) is -1.78. The summed E-state index contributed by atoms with van der Waals surface area (Å²) in [4.78, 5) is 26.3. The Labute approximate surface area is 170 Å². The Hall–Kier alpha value is -2.26. The molecule has 1 aliphatic heterocycles. The molecule has 0 saturated carbocycles. The Morgan fingerprint density at radius 2 is 1.67 bits per heavy atom. The van der Waals surface area contributed by atoms with Crippen molar-refractivity contribution in [2.75, 3.05) is 13.1 Å². The summed E-state index contributed by atoms with van der Waals surface area (Å²) >= 11 is 0. The summed E-state index contributed by atoms with van der Waals surface area (Å²) in [5.41, 5.74) is -3.78. The number of rotatable bonds is 5. The number of halogens is 6. The minimum absolute atomic E-state index is 0.0155. The topological polar surface area (TPSA) is 49.4 Å². The predicted octanol–water partition coefficient (Wildman–Crippen LogP) is 4.88. The standard InChI is InChI=1S/C20H24F6N2O2/c1-3-5-12(2)27-17(29)13-6-4-7-28(11-13)18(30)14-8-15(19(21,22)23)10-16(9-14)20(24,25)26/h8-10,12-13H,3-7,11H2,1-2H3,(H,27,29). The maximum absolute atomic E-state index is 13.0. The Morgan fingerprint density at radius 1 is 1.10 bits per heavy atom. The number of carbonyl (C=O) groups is 2. The highest BCUT2D eigenvalue weighted by atomic mass is 19.4. The second kappa shape index (κ2) is 9.26. The molecule has 2 amide bonds. The van der Waals surface area contributed by atoms with Gasteiger partial charge in [-0.05, 0) is 44.4 Å². The van der Waals surface area contributed by atoms with Crippen molar-refractivity contribution in [3.05, 3.63) is 34.9 Å². The van der Waals surface area contributed by atoms with Crippen LogP contribution >= 0.6 is 0 Å². The van der Waals surface area contributed by atoms with Gasteiger partial charge >= 0.3 is 12.4 Å². The van der Waals surface area contributed by atoms with E-state index in [0.717, 1.165) is 17.7 Å². The van der Waals surface area contributed by atoms with Gasteiger partial charge in [-0.1, -0.05) is 13.3 Å². The molecule has 2 atom stereocenters. The van der Waals surface area contributed by atoms with Gasteiger partial charge in [0, 0.05) is 24.7 Å². The number of nitrogens with zero attached hydrogens (tertiary/aromatic N) is 1. The van der Waals surface area contributed by atoms with Gasteiger partial charge in [-0.2, -0.15) is 26.3 Å². The van der Waals surface area contributed by atoms with Crippen molar-refractivity contribution < 1.29 is 35.9 Å². The lowest BCUT2D eigenvalue weighted by atomic mass is 9.95. The zero-order chi connectivity index (χ0) is 22.7. The quantitative estimate of drug-likeness (QED) is 0.667. The van der Waals surface area contributed by atoms with Gasteiger partial charge in [0.05, 0.1) is 17.0 Å². The first-order valence-electron chi connectivity index (χ1n) is 9.72. The van der Waals surface area contributed by atoms with E-state index in [1.807, 2.05) is 13.8 Å².